The predicted molar refractivity (Wildman–Crippen MR) is 67.6 cm³/mol. The molecule has 0 fully saturated rings. The predicted octanol–water partition coefficient (Wildman–Crippen LogP) is 1.36. The van der Waals surface area contributed by atoms with E-state index in [9.17, 15) is 0 Å². The molecule has 7 heteroatoms. The second-order valence-corrected chi connectivity index (χ2v) is 4.73. The lowest BCUT2D eigenvalue weighted by Gasteiger charge is -2.29. The van der Waals surface area contributed by atoms with E-state index in [1.807, 2.05) is 13.8 Å². The minimum atomic E-state index is 0.518. The van der Waals surface area contributed by atoms with Crippen molar-refractivity contribution in [1.29, 1.82) is 0 Å². The molecule has 3 rings (SSSR count). The Labute approximate surface area is 110 Å². The van der Waals surface area contributed by atoms with E-state index in [0.29, 0.717) is 17.5 Å². The van der Waals surface area contributed by atoms with E-state index >= 15 is 0 Å². The number of nitrogens with zero attached hydrogens (tertiary/aromatic N) is 6. The van der Waals surface area contributed by atoms with Gasteiger partial charge in [-0.05, 0) is 13.8 Å². The highest BCUT2D eigenvalue weighted by Gasteiger charge is 2.21. The number of fused-ring (bicyclic) bond motifs is 1. The summed E-state index contributed by atoms with van der Waals surface area (Å²) in [5, 5.41) is 8.54. The summed E-state index contributed by atoms with van der Waals surface area (Å²) in [6.45, 7) is 6.23. The summed E-state index contributed by atoms with van der Waals surface area (Å²) in [5.74, 6) is 2.53. The molecule has 6 nitrogen and oxygen atoms in total. The number of hydrogen-bond donors (Lipinski definition) is 0. The first kappa shape index (κ1) is 11.4. The Morgan fingerprint density at radius 3 is 2.89 bits per heavy atom. The summed E-state index contributed by atoms with van der Waals surface area (Å²) in [4.78, 5) is 10.8. The van der Waals surface area contributed by atoms with Gasteiger partial charge in [0, 0.05) is 18.7 Å². The summed E-state index contributed by atoms with van der Waals surface area (Å²) in [6.07, 6.45) is 1.76. The van der Waals surface area contributed by atoms with Crippen LogP contribution in [-0.4, -0.2) is 31.3 Å². The Kier molecular flexibility index (Phi) is 2.66. The lowest BCUT2D eigenvalue weighted by atomic mass is 10.2. The molecule has 0 spiro atoms. The fraction of sp³-hybridized carbons (Fsp3) is 0.455. The van der Waals surface area contributed by atoms with Crippen molar-refractivity contribution >= 4 is 17.4 Å². The number of halogens is 1. The van der Waals surface area contributed by atoms with Gasteiger partial charge in [-0.25, -0.2) is 9.97 Å². The van der Waals surface area contributed by atoms with Crippen molar-refractivity contribution in [2.45, 2.75) is 26.9 Å². The maximum absolute atomic E-state index is 6.11. The number of aromatic nitrogens is 5. The SMILES string of the molecule is Cc1nc(Cl)c(C)c(N2CCn3cnnc3C2)n1. The van der Waals surface area contributed by atoms with Crippen LogP contribution in [0.3, 0.4) is 0 Å². The maximum atomic E-state index is 6.11. The zero-order valence-corrected chi connectivity index (χ0v) is 11.0. The van der Waals surface area contributed by atoms with Gasteiger partial charge in [0.15, 0.2) is 5.82 Å². The molecule has 0 saturated heterocycles. The van der Waals surface area contributed by atoms with Crippen LogP contribution in [0.5, 0.6) is 0 Å². The molecule has 0 amide bonds. The van der Waals surface area contributed by atoms with Gasteiger partial charge < -0.3 is 9.47 Å². The molecular formula is C11H13ClN6. The van der Waals surface area contributed by atoms with Gasteiger partial charge >= 0.3 is 0 Å². The van der Waals surface area contributed by atoms with Crippen LogP contribution in [0, 0.1) is 13.8 Å². The number of anilines is 1. The smallest absolute Gasteiger partial charge is 0.152 e. The Morgan fingerprint density at radius 2 is 2.06 bits per heavy atom. The monoisotopic (exact) mass is 264 g/mol. The first-order chi connectivity index (χ1) is 8.65. The molecule has 0 atom stereocenters. The van der Waals surface area contributed by atoms with Crippen LogP contribution in [0.15, 0.2) is 6.33 Å². The van der Waals surface area contributed by atoms with Gasteiger partial charge in [0.05, 0.1) is 6.54 Å². The first-order valence-corrected chi connectivity index (χ1v) is 6.15. The topological polar surface area (TPSA) is 59.7 Å². The number of rotatable bonds is 1. The molecule has 1 aliphatic rings. The summed E-state index contributed by atoms with van der Waals surface area (Å²) in [6, 6.07) is 0. The number of hydrogen-bond acceptors (Lipinski definition) is 5. The highest BCUT2D eigenvalue weighted by Crippen LogP contribution is 2.25. The van der Waals surface area contributed by atoms with Crippen molar-refractivity contribution in [1.82, 2.24) is 24.7 Å². The molecule has 0 N–H and O–H groups in total. The quantitative estimate of drug-likeness (QED) is 0.728. The molecule has 2 aromatic heterocycles. The lowest BCUT2D eigenvalue weighted by molar-refractivity contribution is 0.554. The molecule has 0 radical (unpaired) electrons. The molecule has 0 saturated carbocycles. The van der Waals surface area contributed by atoms with Crippen molar-refractivity contribution in [3.63, 3.8) is 0 Å². The minimum Gasteiger partial charge on any atom is -0.347 e. The summed E-state index contributed by atoms with van der Waals surface area (Å²) in [5.41, 5.74) is 0.912. The average Bonchev–Trinajstić information content (AvgIpc) is 2.80. The fourth-order valence-corrected chi connectivity index (χ4v) is 2.34. The zero-order chi connectivity index (χ0) is 12.7. The van der Waals surface area contributed by atoms with Gasteiger partial charge in [0.2, 0.25) is 0 Å². The van der Waals surface area contributed by atoms with Crippen molar-refractivity contribution in [2.24, 2.45) is 0 Å². The molecule has 2 aromatic rings. The largest absolute Gasteiger partial charge is 0.347 e. The maximum Gasteiger partial charge on any atom is 0.152 e. The van der Waals surface area contributed by atoms with Crippen LogP contribution in [0.2, 0.25) is 5.15 Å². The molecule has 0 aromatic carbocycles. The van der Waals surface area contributed by atoms with Gasteiger partial charge in [0.1, 0.15) is 23.1 Å². The second kappa shape index (κ2) is 4.20. The second-order valence-electron chi connectivity index (χ2n) is 4.37. The molecule has 1 aliphatic heterocycles. The van der Waals surface area contributed by atoms with Gasteiger partial charge in [-0.3, -0.25) is 0 Å². The standard InChI is InChI=1S/C11H13ClN6/c1-7-10(12)14-8(2)15-11(7)17-3-4-18-6-13-16-9(18)5-17/h6H,3-5H2,1-2H3. The van der Waals surface area contributed by atoms with Gasteiger partial charge in [0.25, 0.3) is 0 Å². The van der Waals surface area contributed by atoms with Crippen LogP contribution < -0.4 is 4.90 Å². The molecule has 18 heavy (non-hydrogen) atoms. The Bertz CT molecular complexity index is 593. The van der Waals surface area contributed by atoms with Crippen LogP contribution in [0.25, 0.3) is 0 Å². The van der Waals surface area contributed by atoms with Crippen LogP contribution in [0.4, 0.5) is 5.82 Å². The van der Waals surface area contributed by atoms with E-state index in [0.717, 1.165) is 30.3 Å². The molecule has 3 heterocycles. The van der Waals surface area contributed by atoms with E-state index in [1.165, 1.54) is 0 Å². The van der Waals surface area contributed by atoms with Crippen molar-refractivity contribution in [3.05, 3.63) is 28.7 Å². The lowest BCUT2D eigenvalue weighted by Crippen LogP contribution is -2.34. The summed E-state index contributed by atoms with van der Waals surface area (Å²) < 4.78 is 2.06. The Balaban J connectivity index is 1.98. The van der Waals surface area contributed by atoms with E-state index in [4.69, 9.17) is 11.6 Å². The van der Waals surface area contributed by atoms with E-state index in [2.05, 4.69) is 29.6 Å². The van der Waals surface area contributed by atoms with E-state index in [1.54, 1.807) is 6.33 Å². The molecule has 0 aliphatic carbocycles. The summed E-state index contributed by atoms with van der Waals surface area (Å²) >= 11 is 6.11. The Hall–Kier alpha value is -1.69. The third-order valence-electron chi connectivity index (χ3n) is 3.11. The third kappa shape index (κ3) is 1.82. The molecule has 0 bridgehead atoms. The highest BCUT2D eigenvalue weighted by molar-refractivity contribution is 6.30. The van der Waals surface area contributed by atoms with Gasteiger partial charge in [-0.1, -0.05) is 11.6 Å². The van der Waals surface area contributed by atoms with Crippen LogP contribution in [-0.2, 0) is 13.1 Å². The van der Waals surface area contributed by atoms with Crippen molar-refractivity contribution in [2.75, 3.05) is 11.4 Å². The van der Waals surface area contributed by atoms with Gasteiger partial charge in [-0.2, -0.15) is 0 Å². The highest BCUT2D eigenvalue weighted by atomic mass is 35.5. The third-order valence-corrected chi connectivity index (χ3v) is 3.48. The average molecular weight is 265 g/mol. The van der Waals surface area contributed by atoms with Crippen molar-refractivity contribution < 1.29 is 0 Å². The minimum absolute atomic E-state index is 0.518. The van der Waals surface area contributed by atoms with Crippen LogP contribution in [0.1, 0.15) is 17.2 Å². The number of aryl methyl sites for hydroxylation is 1. The van der Waals surface area contributed by atoms with E-state index in [-0.39, 0.29) is 0 Å². The first-order valence-electron chi connectivity index (χ1n) is 5.77. The zero-order valence-electron chi connectivity index (χ0n) is 10.3. The summed E-state index contributed by atoms with van der Waals surface area (Å²) in [7, 11) is 0. The van der Waals surface area contributed by atoms with Crippen molar-refractivity contribution in [3.8, 4) is 0 Å². The van der Waals surface area contributed by atoms with Crippen LogP contribution >= 0.6 is 11.6 Å². The Morgan fingerprint density at radius 1 is 1.22 bits per heavy atom. The fourth-order valence-electron chi connectivity index (χ4n) is 2.14. The normalized spacial score (nSPS) is 14.7. The molecule has 94 valence electrons. The van der Waals surface area contributed by atoms with E-state index < -0.39 is 0 Å². The van der Waals surface area contributed by atoms with Gasteiger partial charge in [-0.15, -0.1) is 10.2 Å². The molecular weight excluding hydrogens is 252 g/mol. The molecule has 0 unspecified atom stereocenters.